The fourth-order valence-electron chi connectivity index (χ4n) is 4.40. The molecule has 0 radical (unpaired) electrons. The van der Waals surface area contributed by atoms with Gasteiger partial charge in [0.2, 0.25) is 0 Å². The number of nitrogens with one attached hydrogen (secondary N) is 1. The average molecular weight is 420 g/mol. The Balaban J connectivity index is 1.14. The van der Waals surface area contributed by atoms with E-state index >= 15 is 0 Å². The first-order chi connectivity index (χ1) is 15.1. The molecule has 0 atom stereocenters. The van der Waals surface area contributed by atoms with Crippen molar-refractivity contribution in [2.24, 2.45) is 0 Å². The van der Waals surface area contributed by atoms with E-state index in [-0.39, 0.29) is 5.91 Å². The van der Waals surface area contributed by atoms with Gasteiger partial charge in [-0.1, -0.05) is 35.9 Å². The molecule has 2 aromatic carbocycles. The van der Waals surface area contributed by atoms with Crippen molar-refractivity contribution in [3.05, 3.63) is 64.7 Å². The van der Waals surface area contributed by atoms with Crippen LogP contribution in [0.15, 0.2) is 48.0 Å². The van der Waals surface area contributed by atoms with E-state index in [2.05, 4.69) is 47.2 Å². The fourth-order valence-corrected chi connectivity index (χ4v) is 4.40. The molecular formula is C26H33N3O2. The van der Waals surface area contributed by atoms with E-state index in [9.17, 15) is 4.79 Å². The van der Waals surface area contributed by atoms with E-state index in [1.54, 1.807) is 0 Å². The van der Waals surface area contributed by atoms with Crippen LogP contribution < -0.4 is 15.0 Å². The molecular weight excluding hydrogens is 386 g/mol. The largest absolute Gasteiger partial charge is 0.488 e. The summed E-state index contributed by atoms with van der Waals surface area (Å²) in [5, 5.41) is 3.05. The summed E-state index contributed by atoms with van der Waals surface area (Å²) in [5.41, 5.74) is 5.73. The molecule has 2 heterocycles. The number of benzene rings is 2. The Morgan fingerprint density at radius 1 is 1.03 bits per heavy atom. The van der Waals surface area contributed by atoms with Crippen LogP contribution in [0, 0.1) is 13.8 Å². The van der Waals surface area contributed by atoms with Crippen LogP contribution in [0.2, 0.25) is 0 Å². The number of hydrogen-bond donors (Lipinski definition) is 1. The van der Waals surface area contributed by atoms with Crippen molar-refractivity contribution in [3.8, 4) is 5.75 Å². The maximum absolute atomic E-state index is 12.4. The zero-order valence-corrected chi connectivity index (χ0v) is 18.7. The van der Waals surface area contributed by atoms with Gasteiger partial charge in [-0.15, -0.1) is 0 Å². The van der Waals surface area contributed by atoms with Gasteiger partial charge in [0.1, 0.15) is 12.4 Å². The van der Waals surface area contributed by atoms with Crippen LogP contribution in [0.25, 0.3) is 6.08 Å². The molecule has 164 valence electrons. The molecule has 0 saturated carbocycles. The Bertz CT molecular complexity index is 945. The maximum atomic E-state index is 12.4. The molecule has 0 aromatic heterocycles. The molecule has 5 nitrogen and oxygen atoms in total. The van der Waals surface area contributed by atoms with Crippen LogP contribution in [0.4, 0.5) is 5.69 Å². The Morgan fingerprint density at radius 2 is 1.84 bits per heavy atom. The first-order valence-corrected chi connectivity index (χ1v) is 11.4. The molecule has 1 saturated heterocycles. The van der Waals surface area contributed by atoms with Crippen LogP contribution in [-0.2, 0) is 4.79 Å². The molecule has 0 bridgehead atoms. The average Bonchev–Trinajstić information content (AvgIpc) is 2.79. The summed E-state index contributed by atoms with van der Waals surface area (Å²) >= 11 is 0. The SMILES string of the molecule is Cc1ccc(N2CCN(CCCCNC(=O)C3=Cc4ccccc4OC3)CC2)c(C)c1. The van der Waals surface area contributed by atoms with E-state index in [4.69, 9.17) is 4.74 Å². The topological polar surface area (TPSA) is 44.8 Å². The van der Waals surface area contributed by atoms with Gasteiger partial charge in [-0.05, 0) is 57.0 Å². The first-order valence-electron chi connectivity index (χ1n) is 11.4. The summed E-state index contributed by atoms with van der Waals surface area (Å²) in [6.45, 7) is 10.9. The monoisotopic (exact) mass is 419 g/mol. The highest BCUT2D eigenvalue weighted by atomic mass is 16.5. The molecule has 0 spiro atoms. The number of hydrogen-bond acceptors (Lipinski definition) is 4. The molecule has 31 heavy (non-hydrogen) atoms. The van der Waals surface area contributed by atoms with Crippen LogP contribution in [0.3, 0.4) is 0 Å². The summed E-state index contributed by atoms with van der Waals surface area (Å²) in [4.78, 5) is 17.5. The van der Waals surface area contributed by atoms with Gasteiger partial charge in [0.15, 0.2) is 0 Å². The molecule has 0 unspecified atom stereocenters. The van der Waals surface area contributed by atoms with Crippen molar-refractivity contribution in [2.75, 3.05) is 50.8 Å². The minimum Gasteiger partial charge on any atom is -0.488 e. The lowest BCUT2D eigenvalue weighted by Gasteiger charge is -2.37. The van der Waals surface area contributed by atoms with Gasteiger partial charge in [0, 0.05) is 44.0 Å². The zero-order chi connectivity index (χ0) is 21.6. The Labute approximate surface area is 185 Å². The minimum absolute atomic E-state index is 0.0171. The van der Waals surface area contributed by atoms with Crippen molar-refractivity contribution < 1.29 is 9.53 Å². The predicted molar refractivity (Wildman–Crippen MR) is 127 cm³/mol. The van der Waals surface area contributed by atoms with E-state index in [1.165, 1.54) is 16.8 Å². The van der Waals surface area contributed by atoms with E-state index < -0.39 is 0 Å². The summed E-state index contributed by atoms with van der Waals surface area (Å²) in [5.74, 6) is 0.827. The number of anilines is 1. The number of piperazine rings is 1. The molecule has 1 N–H and O–H groups in total. The molecule has 2 aromatic rings. The third-order valence-electron chi connectivity index (χ3n) is 6.18. The highest BCUT2D eigenvalue weighted by Crippen LogP contribution is 2.25. The number of para-hydroxylation sites is 1. The van der Waals surface area contributed by atoms with Gasteiger partial charge in [-0.3, -0.25) is 9.69 Å². The number of nitrogens with zero attached hydrogens (tertiary/aromatic N) is 2. The van der Waals surface area contributed by atoms with Crippen LogP contribution >= 0.6 is 0 Å². The second kappa shape index (κ2) is 10.0. The van der Waals surface area contributed by atoms with Crippen LogP contribution in [0.5, 0.6) is 5.75 Å². The first kappa shape index (κ1) is 21.4. The summed E-state index contributed by atoms with van der Waals surface area (Å²) in [6, 6.07) is 14.5. The lowest BCUT2D eigenvalue weighted by atomic mass is 10.1. The van der Waals surface area contributed by atoms with Crippen molar-refractivity contribution in [1.29, 1.82) is 0 Å². The number of ether oxygens (including phenoxy) is 1. The second-order valence-electron chi connectivity index (χ2n) is 8.58. The third-order valence-corrected chi connectivity index (χ3v) is 6.18. The van der Waals surface area contributed by atoms with Crippen LogP contribution in [-0.4, -0.2) is 56.7 Å². The van der Waals surface area contributed by atoms with Crippen molar-refractivity contribution in [2.45, 2.75) is 26.7 Å². The molecule has 2 aliphatic rings. The number of rotatable bonds is 7. The zero-order valence-electron chi connectivity index (χ0n) is 18.7. The van der Waals surface area contributed by atoms with Gasteiger partial charge in [0.25, 0.3) is 5.91 Å². The van der Waals surface area contributed by atoms with Crippen LogP contribution in [0.1, 0.15) is 29.5 Å². The molecule has 1 fully saturated rings. The quantitative estimate of drug-likeness (QED) is 0.694. The highest BCUT2D eigenvalue weighted by Gasteiger charge is 2.19. The lowest BCUT2D eigenvalue weighted by Crippen LogP contribution is -2.46. The minimum atomic E-state index is -0.0171. The van der Waals surface area contributed by atoms with Gasteiger partial charge in [-0.25, -0.2) is 0 Å². The molecule has 5 heteroatoms. The molecule has 1 amide bonds. The number of aryl methyl sites for hydroxylation is 2. The normalized spacial score (nSPS) is 16.3. The maximum Gasteiger partial charge on any atom is 0.250 e. The smallest absolute Gasteiger partial charge is 0.250 e. The number of fused-ring (bicyclic) bond motifs is 1. The highest BCUT2D eigenvalue weighted by molar-refractivity contribution is 5.99. The Kier molecular flexibility index (Phi) is 6.92. The van der Waals surface area contributed by atoms with E-state index in [1.807, 2.05) is 30.3 Å². The van der Waals surface area contributed by atoms with Crippen molar-refractivity contribution in [1.82, 2.24) is 10.2 Å². The van der Waals surface area contributed by atoms with Crippen molar-refractivity contribution in [3.63, 3.8) is 0 Å². The molecule has 2 aliphatic heterocycles. The Morgan fingerprint density at radius 3 is 2.65 bits per heavy atom. The predicted octanol–water partition coefficient (Wildman–Crippen LogP) is 3.80. The lowest BCUT2D eigenvalue weighted by molar-refractivity contribution is -0.117. The molecule has 0 aliphatic carbocycles. The summed E-state index contributed by atoms with van der Waals surface area (Å²) in [7, 11) is 0. The van der Waals surface area contributed by atoms with Gasteiger partial charge >= 0.3 is 0 Å². The van der Waals surface area contributed by atoms with Crippen molar-refractivity contribution >= 4 is 17.7 Å². The number of amides is 1. The van der Waals surface area contributed by atoms with Gasteiger partial charge in [0.05, 0.1) is 5.57 Å². The Hall–Kier alpha value is -2.79. The van der Waals surface area contributed by atoms with E-state index in [0.717, 1.165) is 56.9 Å². The van der Waals surface area contributed by atoms with E-state index in [0.29, 0.717) is 18.7 Å². The fraction of sp³-hybridized carbons (Fsp3) is 0.423. The summed E-state index contributed by atoms with van der Waals surface area (Å²) in [6.07, 6.45) is 4.03. The summed E-state index contributed by atoms with van der Waals surface area (Å²) < 4.78 is 5.68. The number of unbranched alkanes of at least 4 members (excludes halogenated alkanes) is 1. The number of carbonyl (C=O) groups excluding carboxylic acids is 1. The second-order valence-corrected chi connectivity index (χ2v) is 8.58. The third kappa shape index (κ3) is 5.47. The standard InChI is InChI=1S/C26H33N3O2/c1-20-9-10-24(21(2)17-20)29-15-13-28(14-16-29)12-6-5-11-27-26(30)23-18-22-7-3-4-8-25(22)31-19-23/h3-4,7-10,17-18H,5-6,11-16,19H2,1-2H3,(H,27,30). The van der Waals surface area contributed by atoms with Gasteiger partial charge < -0.3 is 15.0 Å². The molecule has 4 rings (SSSR count). The number of carbonyl (C=O) groups is 1. The van der Waals surface area contributed by atoms with Gasteiger partial charge in [-0.2, -0.15) is 0 Å².